The number of benzene rings is 2. The van der Waals surface area contributed by atoms with Crippen LogP contribution in [0.1, 0.15) is 44.6 Å². The van der Waals surface area contributed by atoms with Gasteiger partial charge < -0.3 is 4.74 Å². The molecule has 1 aliphatic rings. The summed E-state index contributed by atoms with van der Waals surface area (Å²) >= 11 is 0. The summed E-state index contributed by atoms with van der Waals surface area (Å²) in [6, 6.07) is 15.4. The second kappa shape index (κ2) is 8.46. The fourth-order valence-electron chi connectivity index (χ4n) is 3.68. The molecule has 0 unspecified atom stereocenters. The van der Waals surface area contributed by atoms with Gasteiger partial charge >= 0.3 is 6.61 Å². The van der Waals surface area contributed by atoms with E-state index in [1.54, 1.807) is 12.1 Å². The van der Waals surface area contributed by atoms with Crippen LogP contribution in [0.2, 0.25) is 0 Å². The number of ether oxygens (including phenoxy) is 1. The summed E-state index contributed by atoms with van der Waals surface area (Å²) in [4.78, 5) is 0. The highest BCUT2D eigenvalue weighted by molar-refractivity contribution is 5.64. The van der Waals surface area contributed by atoms with Crippen LogP contribution in [0.15, 0.2) is 48.5 Å². The van der Waals surface area contributed by atoms with Gasteiger partial charge in [0.15, 0.2) is 0 Å². The van der Waals surface area contributed by atoms with Crippen LogP contribution < -0.4 is 4.74 Å². The Bertz CT molecular complexity index is 641. The Balaban J connectivity index is 1.54. The highest BCUT2D eigenvalue weighted by Crippen LogP contribution is 2.31. The fraction of sp³-hybridized carbons (Fsp3) is 0.455. The Labute approximate surface area is 149 Å². The van der Waals surface area contributed by atoms with Gasteiger partial charge in [-0.05, 0) is 53.5 Å². The van der Waals surface area contributed by atoms with Crippen molar-refractivity contribution in [2.75, 3.05) is 0 Å². The topological polar surface area (TPSA) is 9.23 Å². The zero-order valence-electron chi connectivity index (χ0n) is 14.8. The Morgan fingerprint density at radius 1 is 0.880 bits per heavy atom. The van der Waals surface area contributed by atoms with Gasteiger partial charge in [-0.25, -0.2) is 0 Å². The van der Waals surface area contributed by atoms with Crippen molar-refractivity contribution in [3.05, 3.63) is 54.1 Å². The van der Waals surface area contributed by atoms with Gasteiger partial charge in [0.1, 0.15) is 5.75 Å². The van der Waals surface area contributed by atoms with Crippen molar-refractivity contribution >= 4 is 0 Å². The minimum atomic E-state index is -2.78. The van der Waals surface area contributed by atoms with Crippen molar-refractivity contribution in [2.24, 2.45) is 11.8 Å². The Hall–Kier alpha value is -1.90. The van der Waals surface area contributed by atoms with E-state index in [-0.39, 0.29) is 5.75 Å². The average molecular weight is 344 g/mol. The zero-order valence-corrected chi connectivity index (χ0v) is 14.8. The minimum Gasteiger partial charge on any atom is -0.435 e. The summed E-state index contributed by atoms with van der Waals surface area (Å²) in [6.07, 6.45) is 7.95. The van der Waals surface area contributed by atoms with Crippen LogP contribution >= 0.6 is 0 Å². The predicted molar refractivity (Wildman–Crippen MR) is 98.0 cm³/mol. The molecule has 0 atom stereocenters. The molecule has 0 saturated heterocycles. The molecule has 1 aliphatic carbocycles. The molecular formula is C22H26F2O. The number of hydrogen-bond acceptors (Lipinski definition) is 1. The van der Waals surface area contributed by atoms with Gasteiger partial charge in [-0.1, -0.05) is 69.0 Å². The first-order valence-corrected chi connectivity index (χ1v) is 9.24. The molecule has 0 aliphatic heterocycles. The maximum absolute atomic E-state index is 12.2. The second-order valence-corrected chi connectivity index (χ2v) is 7.26. The van der Waals surface area contributed by atoms with Gasteiger partial charge in [0, 0.05) is 0 Å². The van der Waals surface area contributed by atoms with E-state index in [1.807, 2.05) is 12.1 Å². The molecule has 2 aromatic carbocycles. The van der Waals surface area contributed by atoms with Crippen molar-refractivity contribution in [1.29, 1.82) is 0 Å². The van der Waals surface area contributed by atoms with Crippen LogP contribution in [0.5, 0.6) is 5.75 Å². The van der Waals surface area contributed by atoms with Gasteiger partial charge in [-0.2, -0.15) is 8.78 Å². The average Bonchev–Trinajstić information content (AvgIpc) is 2.62. The first-order chi connectivity index (χ1) is 12.1. The fourth-order valence-corrected chi connectivity index (χ4v) is 3.68. The molecule has 3 rings (SSSR count). The molecule has 1 saturated carbocycles. The molecule has 0 amide bonds. The highest BCUT2D eigenvalue weighted by atomic mass is 19.3. The van der Waals surface area contributed by atoms with E-state index in [2.05, 4.69) is 35.9 Å². The SMILES string of the molecule is CC1CCC(CCc2ccc(-c3ccc(OC(F)F)cc3)cc2)CC1. The Morgan fingerprint density at radius 3 is 2.00 bits per heavy atom. The number of rotatable bonds is 6. The van der Waals surface area contributed by atoms with Crippen molar-refractivity contribution in [2.45, 2.75) is 52.1 Å². The molecule has 0 spiro atoms. The molecule has 0 bridgehead atoms. The number of halogens is 2. The molecule has 0 aromatic heterocycles. The Morgan fingerprint density at radius 2 is 1.44 bits per heavy atom. The van der Waals surface area contributed by atoms with E-state index >= 15 is 0 Å². The van der Waals surface area contributed by atoms with Crippen molar-refractivity contribution in [3.8, 4) is 16.9 Å². The normalized spacial score (nSPS) is 20.6. The van der Waals surface area contributed by atoms with Gasteiger partial charge in [0.2, 0.25) is 0 Å². The number of aryl methyl sites for hydroxylation is 1. The van der Waals surface area contributed by atoms with Crippen molar-refractivity contribution < 1.29 is 13.5 Å². The largest absolute Gasteiger partial charge is 0.435 e. The first kappa shape index (κ1) is 17.9. The molecule has 2 aromatic rings. The first-order valence-electron chi connectivity index (χ1n) is 9.24. The van der Waals surface area contributed by atoms with Crippen LogP contribution in [-0.4, -0.2) is 6.61 Å². The van der Waals surface area contributed by atoms with Gasteiger partial charge in [-0.3, -0.25) is 0 Å². The number of alkyl halides is 2. The van der Waals surface area contributed by atoms with E-state index in [0.717, 1.165) is 29.4 Å². The third-order valence-corrected chi connectivity index (χ3v) is 5.34. The molecule has 3 heteroatoms. The lowest BCUT2D eigenvalue weighted by atomic mass is 9.80. The smallest absolute Gasteiger partial charge is 0.387 e. The zero-order chi connectivity index (χ0) is 17.6. The Kier molecular flexibility index (Phi) is 6.06. The van der Waals surface area contributed by atoms with Crippen LogP contribution in [0.4, 0.5) is 8.78 Å². The van der Waals surface area contributed by atoms with Crippen LogP contribution in [0.3, 0.4) is 0 Å². The predicted octanol–water partition coefficient (Wildman–Crippen LogP) is 6.71. The standard InChI is InChI=1S/C22H26F2O/c1-16-2-4-17(5-3-16)6-7-18-8-10-19(11-9-18)20-12-14-21(15-13-20)25-22(23)24/h8-17,22H,2-7H2,1H3. The summed E-state index contributed by atoms with van der Waals surface area (Å²) in [6.45, 7) is -0.418. The van der Waals surface area contributed by atoms with Gasteiger partial charge in [-0.15, -0.1) is 0 Å². The van der Waals surface area contributed by atoms with E-state index in [9.17, 15) is 8.78 Å². The van der Waals surface area contributed by atoms with E-state index in [1.165, 1.54) is 37.7 Å². The molecule has 1 fully saturated rings. The van der Waals surface area contributed by atoms with Crippen molar-refractivity contribution in [1.82, 2.24) is 0 Å². The summed E-state index contributed by atoms with van der Waals surface area (Å²) in [7, 11) is 0. The molecule has 134 valence electrons. The maximum atomic E-state index is 12.2. The van der Waals surface area contributed by atoms with Crippen LogP contribution in [0, 0.1) is 11.8 Å². The third-order valence-electron chi connectivity index (χ3n) is 5.34. The lowest BCUT2D eigenvalue weighted by Gasteiger charge is -2.26. The minimum absolute atomic E-state index is 0.192. The van der Waals surface area contributed by atoms with E-state index in [0.29, 0.717) is 0 Å². The summed E-state index contributed by atoms with van der Waals surface area (Å²) in [5.41, 5.74) is 3.48. The maximum Gasteiger partial charge on any atom is 0.387 e. The van der Waals surface area contributed by atoms with E-state index < -0.39 is 6.61 Å². The summed E-state index contributed by atoms with van der Waals surface area (Å²) in [5.74, 6) is 1.99. The van der Waals surface area contributed by atoms with Crippen LogP contribution in [-0.2, 0) is 6.42 Å². The molecule has 1 nitrogen and oxygen atoms in total. The lowest BCUT2D eigenvalue weighted by Crippen LogP contribution is -2.12. The highest BCUT2D eigenvalue weighted by Gasteiger charge is 2.17. The number of hydrogen-bond donors (Lipinski definition) is 0. The lowest BCUT2D eigenvalue weighted by molar-refractivity contribution is -0.0498. The summed E-state index contributed by atoms with van der Waals surface area (Å²) in [5, 5.41) is 0. The van der Waals surface area contributed by atoms with Crippen LogP contribution in [0.25, 0.3) is 11.1 Å². The quantitative estimate of drug-likeness (QED) is 0.565. The second-order valence-electron chi connectivity index (χ2n) is 7.26. The van der Waals surface area contributed by atoms with Gasteiger partial charge in [0.25, 0.3) is 0 Å². The molecule has 25 heavy (non-hydrogen) atoms. The van der Waals surface area contributed by atoms with Crippen molar-refractivity contribution in [3.63, 3.8) is 0 Å². The molecular weight excluding hydrogens is 318 g/mol. The monoisotopic (exact) mass is 344 g/mol. The van der Waals surface area contributed by atoms with Gasteiger partial charge in [0.05, 0.1) is 0 Å². The van der Waals surface area contributed by atoms with E-state index in [4.69, 9.17) is 0 Å². The third kappa shape index (κ3) is 5.29. The molecule has 0 N–H and O–H groups in total. The molecule has 0 heterocycles. The molecule has 0 radical (unpaired) electrons. The summed E-state index contributed by atoms with van der Waals surface area (Å²) < 4.78 is 28.8.